The van der Waals surface area contributed by atoms with Gasteiger partial charge in [-0.1, -0.05) is 29.3 Å². The van der Waals surface area contributed by atoms with E-state index >= 15 is 0 Å². The van der Waals surface area contributed by atoms with Crippen LogP contribution in [-0.2, 0) is 6.42 Å². The van der Waals surface area contributed by atoms with Crippen LogP contribution in [0.4, 0.5) is 4.79 Å². The Morgan fingerprint density at radius 1 is 1.31 bits per heavy atom. The van der Waals surface area contributed by atoms with E-state index in [0.717, 1.165) is 5.56 Å². The number of benzene rings is 1. The third-order valence-corrected chi connectivity index (χ3v) is 2.75. The van der Waals surface area contributed by atoms with Crippen LogP contribution in [0.5, 0.6) is 0 Å². The topological polar surface area (TPSA) is 56.4 Å². The number of rotatable bonds is 3. The zero-order valence-electron chi connectivity index (χ0n) is 8.26. The number of nitrogens with zero attached hydrogens (tertiary/aromatic N) is 1. The zero-order valence-corrected chi connectivity index (χ0v) is 9.77. The standard InChI is InChI=1S/C9H10Cl2N4O/c10-7-2-1-6(8(11)5-7)3-4-15-13-9(16)12-14-15/h1-2,5,14H,3-4H2,(H2,12,13,16). The van der Waals surface area contributed by atoms with Crippen molar-refractivity contribution >= 4 is 29.2 Å². The molecule has 1 aromatic carbocycles. The van der Waals surface area contributed by atoms with Crippen molar-refractivity contribution < 1.29 is 4.79 Å². The molecule has 0 bridgehead atoms. The Kier molecular flexibility index (Phi) is 3.50. The van der Waals surface area contributed by atoms with Gasteiger partial charge in [-0.3, -0.25) is 10.9 Å². The Morgan fingerprint density at radius 3 is 2.75 bits per heavy atom. The summed E-state index contributed by atoms with van der Waals surface area (Å²) in [4.78, 5) is 10.8. The molecule has 0 unspecified atom stereocenters. The summed E-state index contributed by atoms with van der Waals surface area (Å²) < 4.78 is 0. The van der Waals surface area contributed by atoms with Crippen LogP contribution in [0.15, 0.2) is 18.2 Å². The van der Waals surface area contributed by atoms with Gasteiger partial charge in [-0.05, 0) is 24.1 Å². The van der Waals surface area contributed by atoms with Crippen LogP contribution >= 0.6 is 23.2 Å². The predicted molar refractivity (Wildman–Crippen MR) is 61.7 cm³/mol. The zero-order chi connectivity index (χ0) is 11.5. The van der Waals surface area contributed by atoms with Crippen molar-refractivity contribution in [3.63, 3.8) is 0 Å². The van der Waals surface area contributed by atoms with E-state index in [4.69, 9.17) is 23.2 Å². The molecule has 1 aliphatic rings. The summed E-state index contributed by atoms with van der Waals surface area (Å²) in [5.41, 5.74) is 8.60. The molecule has 5 nitrogen and oxygen atoms in total. The molecular formula is C9H10Cl2N4O. The van der Waals surface area contributed by atoms with Gasteiger partial charge in [0.05, 0.1) is 0 Å². The number of hydrazine groups is 3. The molecule has 1 saturated heterocycles. The molecule has 86 valence electrons. The Labute approximate surface area is 103 Å². The van der Waals surface area contributed by atoms with E-state index in [1.54, 1.807) is 17.3 Å². The number of amides is 2. The Morgan fingerprint density at radius 2 is 2.12 bits per heavy atom. The van der Waals surface area contributed by atoms with Gasteiger partial charge in [0.1, 0.15) is 0 Å². The Hall–Kier alpha value is -1.01. The van der Waals surface area contributed by atoms with Crippen LogP contribution in [0.25, 0.3) is 0 Å². The molecule has 1 fully saturated rings. The number of urea groups is 1. The summed E-state index contributed by atoms with van der Waals surface area (Å²) in [6, 6.07) is 5.09. The molecule has 1 heterocycles. The summed E-state index contributed by atoms with van der Waals surface area (Å²) >= 11 is 11.8. The van der Waals surface area contributed by atoms with Gasteiger partial charge in [0, 0.05) is 16.6 Å². The highest BCUT2D eigenvalue weighted by atomic mass is 35.5. The van der Waals surface area contributed by atoms with Crippen LogP contribution in [-0.4, -0.2) is 17.7 Å². The minimum atomic E-state index is -0.276. The first-order chi connectivity index (χ1) is 7.65. The van der Waals surface area contributed by atoms with Gasteiger partial charge >= 0.3 is 6.03 Å². The maximum Gasteiger partial charge on any atom is 0.345 e. The van der Waals surface area contributed by atoms with Crippen LogP contribution in [0, 0.1) is 0 Å². The van der Waals surface area contributed by atoms with Gasteiger partial charge in [0.25, 0.3) is 0 Å². The predicted octanol–water partition coefficient (Wildman–Crippen LogP) is 1.49. The van der Waals surface area contributed by atoms with Gasteiger partial charge in [0.15, 0.2) is 0 Å². The summed E-state index contributed by atoms with van der Waals surface area (Å²) in [5, 5.41) is 2.79. The van der Waals surface area contributed by atoms with Crippen LogP contribution in [0.3, 0.4) is 0 Å². The van der Waals surface area contributed by atoms with E-state index in [1.165, 1.54) is 0 Å². The summed E-state index contributed by atoms with van der Waals surface area (Å²) in [5.74, 6) is 0. The summed E-state index contributed by atoms with van der Waals surface area (Å²) in [6.45, 7) is 0.597. The quantitative estimate of drug-likeness (QED) is 0.772. The first-order valence-electron chi connectivity index (χ1n) is 4.69. The molecule has 16 heavy (non-hydrogen) atoms. The van der Waals surface area contributed by atoms with Crippen molar-refractivity contribution in [2.24, 2.45) is 0 Å². The number of halogens is 2. The van der Waals surface area contributed by atoms with Crippen molar-refractivity contribution in [2.45, 2.75) is 6.42 Å². The van der Waals surface area contributed by atoms with E-state index in [9.17, 15) is 4.79 Å². The lowest BCUT2D eigenvalue weighted by atomic mass is 10.1. The first kappa shape index (κ1) is 11.5. The van der Waals surface area contributed by atoms with E-state index in [1.807, 2.05) is 6.07 Å². The lowest BCUT2D eigenvalue weighted by molar-refractivity contribution is 0.172. The van der Waals surface area contributed by atoms with Gasteiger partial charge < -0.3 is 0 Å². The van der Waals surface area contributed by atoms with Crippen molar-refractivity contribution in [1.82, 2.24) is 21.5 Å². The van der Waals surface area contributed by atoms with Crippen molar-refractivity contribution in [2.75, 3.05) is 6.54 Å². The average molecular weight is 261 g/mol. The number of hydrogen-bond donors (Lipinski definition) is 3. The molecule has 2 rings (SSSR count). The molecule has 0 atom stereocenters. The molecule has 0 saturated carbocycles. The molecule has 0 spiro atoms. The van der Waals surface area contributed by atoms with Gasteiger partial charge in [-0.2, -0.15) is 0 Å². The summed E-state index contributed by atoms with van der Waals surface area (Å²) in [7, 11) is 0. The molecule has 1 aromatic rings. The molecule has 1 aliphatic heterocycles. The van der Waals surface area contributed by atoms with Crippen LogP contribution in [0.2, 0.25) is 10.0 Å². The number of carbonyl (C=O) groups excluding carboxylic acids is 1. The third kappa shape index (κ3) is 2.76. The maximum atomic E-state index is 10.8. The van der Waals surface area contributed by atoms with Crippen molar-refractivity contribution in [3.05, 3.63) is 33.8 Å². The van der Waals surface area contributed by atoms with Crippen molar-refractivity contribution in [3.8, 4) is 0 Å². The average Bonchev–Trinajstić information content (AvgIpc) is 2.63. The first-order valence-corrected chi connectivity index (χ1v) is 5.44. The molecule has 3 N–H and O–H groups in total. The molecule has 0 aromatic heterocycles. The Bertz CT molecular complexity index is 412. The fourth-order valence-electron chi connectivity index (χ4n) is 1.37. The molecule has 2 amide bonds. The highest BCUT2D eigenvalue weighted by Crippen LogP contribution is 2.21. The van der Waals surface area contributed by atoms with E-state index in [2.05, 4.69) is 16.4 Å². The fraction of sp³-hybridized carbons (Fsp3) is 0.222. The van der Waals surface area contributed by atoms with Crippen LogP contribution in [0.1, 0.15) is 5.56 Å². The Balaban J connectivity index is 1.92. The molecular weight excluding hydrogens is 251 g/mol. The monoisotopic (exact) mass is 260 g/mol. The van der Waals surface area contributed by atoms with Crippen LogP contribution < -0.4 is 16.4 Å². The van der Waals surface area contributed by atoms with Gasteiger partial charge in [-0.25, -0.2) is 4.79 Å². The SMILES string of the molecule is O=C1NNN(CCc2ccc(Cl)cc2Cl)N1. The fourth-order valence-corrected chi connectivity index (χ4v) is 1.87. The maximum absolute atomic E-state index is 10.8. The minimum Gasteiger partial charge on any atom is -0.257 e. The van der Waals surface area contributed by atoms with Gasteiger partial charge in [0.2, 0.25) is 0 Å². The number of hydrogen-bond acceptors (Lipinski definition) is 3. The number of carbonyl (C=O) groups is 1. The highest BCUT2D eigenvalue weighted by molar-refractivity contribution is 6.35. The highest BCUT2D eigenvalue weighted by Gasteiger charge is 2.16. The van der Waals surface area contributed by atoms with Crippen molar-refractivity contribution in [1.29, 1.82) is 0 Å². The third-order valence-electron chi connectivity index (χ3n) is 2.16. The lowest BCUT2D eigenvalue weighted by Crippen LogP contribution is -2.41. The second kappa shape index (κ2) is 4.88. The van der Waals surface area contributed by atoms with Gasteiger partial charge in [-0.15, -0.1) is 10.7 Å². The largest absolute Gasteiger partial charge is 0.345 e. The van der Waals surface area contributed by atoms with E-state index < -0.39 is 0 Å². The number of nitrogens with one attached hydrogen (secondary N) is 3. The summed E-state index contributed by atoms with van der Waals surface area (Å²) in [6.07, 6.45) is 0.699. The molecule has 7 heteroatoms. The lowest BCUT2D eigenvalue weighted by Gasteiger charge is -2.13. The second-order valence-corrected chi connectivity index (χ2v) is 4.16. The molecule has 0 radical (unpaired) electrons. The minimum absolute atomic E-state index is 0.276. The van der Waals surface area contributed by atoms with E-state index in [0.29, 0.717) is 23.0 Å². The van der Waals surface area contributed by atoms with E-state index in [-0.39, 0.29) is 6.03 Å². The second-order valence-electron chi connectivity index (χ2n) is 3.32. The normalized spacial score (nSPS) is 16.0. The smallest absolute Gasteiger partial charge is 0.257 e. The molecule has 0 aliphatic carbocycles.